The summed E-state index contributed by atoms with van der Waals surface area (Å²) in [7, 11) is 1.88. The van der Waals surface area contributed by atoms with Gasteiger partial charge in [-0.15, -0.1) is 0 Å². The number of rotatable bonds is 3. The molecule has 1 atom stereocenters. The number of benzene rings is 1. The minimum absolute atomic E-state index is 0.0701. The first kappa shape index (κ1) is 11.6. The highest BCUT2D eigenvalue weighted by molar-refractivity contribution is 9.10. The first-order valence-corrected chi connectivity index (χ1v) is 6.47. The molecule has 92 valence electrons. The van der Waals surface area contributed by atoms with Crippen LogP contribution in [0.2, 0.25) is 0 Å². The van der Waals surface area contributed by atoms with Gasteiger partial charge in [-0.1, -0.05) is 12.1 Å². The summed E-state index contributed by atoms with van der Waals surface area (Å²) >= 11 is 3.49. The van der Waals surface area contributed by atoms with Crippen LogP contribution < -0.4 is 5.32 Å². The molecule has 3 aromatic rings. The van der Waals surface area contributed by atoms with Crippen molar-refractivity contribution in [1.82, 2.24) is 5.32 Å². The number of fused-ring (bicyclic) bond motifs is 1. The van der Waals surface area contributed by atoms with Gasteiger partial charge in [0.1, 0.15) is 23.1 Å². The lowest BCUT2D eigenvalue weighted by molar-refractivity contribution is 0.414. The molecule has 3 nitrogen and oxygen atoms in total. The molecule has 0 amide bonds. The van der Waals surface area contributed by atoms with Gasteiger partial charge in [-0.2, -0.15) is 0 Å². The topological polar surface area (TPSA) is 38.3 Å². The third-order valence-electron chi connectivity index (χ3n) is 2.92. The van der Waals surface area contributed by atoms with Gasteiger partial charge in [0.2, 0.25) is 0 Å². The second-order valence-electron chi connectivity index (χ2n) is 4.04. The predicted octanol–water partition coefficient (Wildman–Crippen LogP) is 4.10. The van der Waals surface area contributed by atoms with E-state index in [0.29, 0.717) is 0 Å². The molecule has 2 heterocycles. The first-order valence-electron chi connectivity index (χ1n) is 5.68. The number of hydrogen-bond acceptors (Lipinski definition) is 3. The molecular formula is C14H12BrNO2. The van der Waals surface area contributed by atoms with Crippen LogP contribution in [0.5, 0.6) is 0 Å². The second kappa shape index (κ2) is 4.63. The quantitative estimate of drug-likeness (QED) is 0.792. The van der Waals surface area contributed by atoms with Gasteiger partial charge in [0.15, 0.2) is 0 Å². The van der Waals surface area contributed by atoms with Crippen LogP contribution in [-0.4, -0.2) is 7.05 Å². The summed E-state index contributed by atoms with van der Waals surface area (Å²) in [6.45, 7) is 0. The highest BCUT2D eigenvalue weighted by Crippen LogP contribution is 2.32. The molecule has 3 rings (SSSR count). The molecule has 0 bridgehead atoms. The summed E-state index contributed by atoms with van der Waals surface area (Å²) in [5, 5.41) is 4.27. The minimum atomic E-state index is -0.0701. The smallest absolute Gasteiger partial charge is 0.148 e. The van der Waals surface area contributed by atoms with Crippen molar-refractivity contribution in [2.24, 2.45) is 0 Å². The molecule has 0 aliphatic rings. The van der Waals surface area contributed by atoms with Crippen LogP contribution in [0.3, 0.4) is 0 Å². The zero-order valence-electron chi connectivity index (χ0n) is 9.81. The van der Waals surface area contributed by atoms with E-state index in [-0.39, 0.29) is 6.04 Å². The van der Waals surface area contributed by atoms with E-state index in [1.165, 1.54) is 0 Å². The van der Waals surface area contributed by atoms with Gasteiger partial charge in [-0.3, -0.25) is 0 Å². The number of para-hydroxylation sites is 1. The predicted molar refractivity (Wildman–Crippen MR) is 73.5 cm³/mol. The lowest BCUT2D eigenvalue weighted by Gasteiger charge is -2.09. The number of furan rings is 2. The van der Waals surface area contributed by atoms with Gasteiger partial charge in [-0.05, 0) is 47.2 Å². The average molecular weight is 306 g/mol. The zero-order valence-corrected chi connectivity index (χ0v) is 11.4. The minimum Gasteiger partial charge on any atom is -0.467 e. The highest BCUT2D eigenvalue weighted by Gasteiger charge is 2.19. The SMILES string of the molecule is CNC(c1ccco1)c1cc2cccc(Br)c2o1. The molecule has 0 saturated heterocycles. The van der Waals surface area contributed by atoms with Crippen LogP contribution in [-0.2, 0) is 0 Å². The molecule has 0 spiro atoms. The summed E-state index contributed by atoms with van der Waals surface area (Å²) in [6, 6.07) is 11.8. The molecule has 1 aromatic carbocycles. The van der Waals surface area contributed by atoms with Crippen molar-refractivity contribution in [2.45, 2.75) is 6.04 Å². The van der Waals surface area contributed by atoms with Crippen LogP contribution in [0.15, 0.2) is 56.0 Å². The molecular weight excluding hydrogens is 294 g/mol. The van der Waals surface area contributed by atoms with Gasteiger partial charge in [-0.25, -0.2) is 0 Å². The van der Waals surface area contributed by atoms with Gasteiger partial charge in [0.25, 0.3) is 0 Å². The van der Waals surface area contributed by atoms with E-state index in [4.69, 9.17) is 8.83 Å². The fourth-order valence-corrected chi connectivity index (χ4v) is 2.53. The largest absolute Gasteiger partial charge is 0.467 e. The van der Waals surface area contributed by atoms with E-state index in [2.05, 4.69) is 21.2 Å². The molecule has 0 aliphatic carbocycles. The first-order chi connectivity index (χ1) is 8.79. The van der Waals surface area contributed by atoms with Crippen molar-refractivity contribution in [2.75, 3.05) is 7.05 Å². The van der Waals surface area contributed by atoms with Crippen LogP contribution in [0.25, 0.3) is 11.0 Å². The Balaban J connectivity index is 2.11. The van der Waals surface area contributed by atoms with E-state index >= 15 is 0 Å². The van der Waals surface area contributed by atoms with Crippen molar-refractivity contribution in [3.05, 3.63) is 58.7 Å². The highest BCUT2D eigenvalue weighted by atomic mass is 79.9. The van der Waals surface area contributed by atoms with Gasteiger partial charge < -0.3 is 14.2 Å². The maximum atomic E-state index is 5.91. The number of hydrogen-bond donors (Lipinski definition) is 1. The van der Waals surface area contributed by atoms with E-state index in [0.717, 1.165) is 27.0 Å². The summed E-state index contributed by atoms with van der Waals surface area (Å²) in [4.78, 5) is 0. The van der Waals surface area contributed by atoms with E-state index in [9.17, 15) is 0 Å². The lowest BCUT2D eigenvalue weighted by Crippen LogP contribution is -2.16. The van der Waals surface area contributed by atoms with Crippen molar-refractivity contribution in [3.63, 3.8) is 0 Å². The second-order valence-corrected chi connectivity index (χ2v) is 4.90. The molecule has 0 radical (unpaired) electrons. The van der Waals surface area contributed by atoms with Crippen LogP contribution in [0.1, 0.15) is 17.6 Å². The van der Waals surface area contributed by atoms with Crippen LogP contribution >= 0.6 is 15.9 Å². The van der Waals surface area contributed by atoms with E-state index < -0.39 is 0 Å². The molecule has 4 heteroatoms. The summed E-state index contributed by atoms with van der Waals surface area (Å²) in [5.74, 6) is 1.68. The van der Waals surface area contributed by atoms with Crippen LogP contribution in [0.4, 0.5) is 0 Å². The molecule has 1 unspecified atom stereocenters. The van der Waals surface area contributed by atoms with Crippen molar-refractivity contribution >= 4 is 26.9 Å². The van der Waals surface area contributed by atoms with Crippen molar-refractivity contribution in [3.8, 4) is 0 Å². The summed E-state index contributed by atoms with van der Waals surface area (Å²) in [5.41, 5.74) is 0.860. The van der Waals surface area contributed by atoms with Gasteiger partial charge in [0.05, 0.1) is 10.7 Å². The van der Waals surface area contributed by atoms with Gasteiger partial charge >= 0.3 is 0 Å². The lowest BCUT2D eigenvalue weighted by atomic mass is 10.1. The molecule has 0 aliphatic heterocycles. The molecule has 1 N–H and O–H groups in total. The Hall–Kier alpha value is -1.52. The van der Waals surface area contributed by atoms with Crippen molar-refractivity contribution < 1.29 is 8.83 Å². The number of nitrogens with one attached hydrogen (secondary N) is 1. The molecule has 0 saturated carbocycles. The monoisotopic (exact) mass is 305 g/mol. The average Bonchev–Trinajstić information content (AvgIpc) is 3.00. The Morgan fingerprint density at radius 1 is 1.17 bits per heavy atom. The standard InChI is InChI=1S/C14H12BrNO2/c1-16-13(11-6-3-7-17-11)12-8-9-4-2-5-10(15)14(9)18-12/h2-8,13,16H,1H3. The summed E-state index contributed by atoms with van der Waals surface area (Å²) < 4.78 is 12.3. The Kier molecular flexibility index (Phi) is 2.97. The maximum Gasteiger partial charge on any atom is 0.148 e. The van der Waals surface area contributed by atoms with E-state index in [1.807, 2.05) is 43.4 Å². The summed E-state index contributed by atoms with van der Waals surface area (Å²) in [6.07, 6.45) is 1.66. The Morgan fingerprint density at radius 3 is 2.72 bits per heavy atom. The number of halogens is 1. The third kappa shape index (κ3) is 1.87. The Labute approximate surface area is 113 Å². The maximum absolute atomic E-state index is 5.91. The van der Waals surface area contributed by atoms with E-state index in [1.54, 1.807) is 6.26 Å². The normalized spacial score (nSPS) is 13.0. The third-order valence-corrected chi connectivity index (χ3v) is 3.54. The zero-order chi connectivity index (χ0) is 12.5. The van der Waals surface area contributed by atoms with Crippen LogP contribution in [0, 0.1) is 0 Å². The Morgan fingerprint density at radius 2 is 2.06 bits per heavy atom. The van der Waals surface area contributed by atoms with Crippen molar-refractivity contribution in [1.29, 1.82) is 0 Å². The molecule has 0 fully saturated rings. The van der Waals surface area contributed by atoms with Gasteiger partial charge in [0, 0.05) is 5.39 Å². The molecule has 18 heavy (non-hydrogen) atoms. The fraction of sp³-hybridized carbons (Fsp3) is 0.143. The Bertz CT molecular complexity index is 658. The fourth-order valence-electron chi connectivity index (χ4n) is 2.07. The molecule has 2 aromatic heterocycles.